The molecular formula is C22H29N2O3S-. The highest BCUT2D eigenvalue weighted by atomic mass is 32.1. The Hall–Kier alpha value is -1.87. The fourth-order valence-corrected chi connectivity index (χ4v) is 5.96. The molecule has 2 aliphatic rings. The Bertz CT molecular complexity index is 805. The molecule has 28 heavy (non-hydrogen) atoms. The topological polar surface area (TPSA) is 93.0 Å². The number of anilines is 1. The van der Waals surface area contributed by atoms with E-state index in [4.69, 9.17) is 0 Å². The number of nitrogens with zero attached hydrogens (tertiary/aromatic N) is 1. The van der Waals surface area contributed by atoms with E-state index in [0.29, 0.717) is 29.3 Å². The minimum Gasteiger partial charge on any atom is -0.550 e. The molecule has 2 aliphatic carbocycles. The van der Waals surface area contributed by atoms with Crippen LogP contribution in [0.25, 0.3) is 0 Å². The normalized spacial score (nSPS) is 24.9. The van der Waals surface area contributed by atoms with Crippen LogP contribution in [0.4, 0.5) is 5.00 Å². The fourth-order valence-electron chi connectivity index (χ4n) is 4.68. The minimum atomic E-state index is -1.14. The SMILES string of the molecule is CCC(C)(C)[C@@H]1CCc2c(sc(NC(=O)[C@H]3CCCC[C@@H]3C(=O)[O-])c2C#N)C1. The third kappa shape index (κ3) is 3.96. The van der Waals surface area contributed by atoms with Crippen LogP contribution in [-0.4, -0.2) is 11.9 Å². The molecule has 3 atom stereocenters. The molecule has 1 saturated carbocycles. The van der Waals surface area contributed by atoms with Crippen molar-refractivity contribution in [1.29, 1.82) is 5.26 Å². The summed E-state index contributed by atoms with van der Waals surface area (Å²) >= 11 is 1.50. The Labute approximate surface area is 171 Å². The van der Waals surface area contributed by atoms with Crippen LogP contribution < -0.4 is 10.4 Å². The predicted octanol–water partition coefficient (Wildman–Crippen LogP) is 3.66. The Balaban J connectivity index is 1.81. The van der Waals surface area contributed by atoms with Crippen molar-refractivity contribution < 1.29 is 14.7 Å². The summed E-state index contributed by atoms with van der Waals surface area (Å²) in [5.74, 6) is -2.16. The summed E-state index contributed by atoms with van der Waals surface area (Å²) in [6, 6.07) is 2.28. The van der Waals surface area contributed by atoms with Gasteiger partial charge in [-0.2, -0.15) is 5.26 Å². The van der Waals surface area contributed by atoms with E-state index >= 15 is 0 Å². The molecular weight excluding hydrogens is 372 g/mol. The van der Waals surface area contributed by atoms with Gasteiger partial charge in [0, 0.05) is 22.7 Å². The molecule has 0 unspecified atom stereocenters. The molecule has 1 aromatic heterocycles. The van der Waals surface area contributed by atoms with Crippen molar-refractivity contribution in [1.82, 2.24) is 0 Å². The summed E-state index contributed by atoms with van der Waals surface area (Å²) in [7, 11) is 0. The molecule has 1 fully saturated rings. The van der Waals surface area contributed by atoms with E-state index in [1.54, 1.807) is 0 Å². The van der Waals surface area contributed by atoms with Crippen molar-refractivity contribution in [2.75, 3.05) is 5.32 Å². The van der Waals surface area contributed by atoms with Crippen LogP contribution in [0, 0.1) is 34.5 Å². The molecule has 0 radical (unpaired) electrons. The smallest absolute Gasteiger partial charge is 0.228 e. The first-order chi connectivity index (χ1) is 13.3. The van der Waals surface area contributed by atoms with Crippen LogP contribution in [0.3, 0.4) is 0 Å². The zero-order chi connectivity index (χ0) is 20.5. The highest BCUT2D eigenvalue weighted by Crippen LogP contribution is 2.45. The van der Waals surface area contributed by atoms with Gasteiger partial charge in [-0.15, -0.1) is 11.3 Å². The van der Waals surface area contributed by atoms with E-state index < -0.39 is 17.8 Å². The summed E-state index contributed by atoms with van der Waals surface area (Å²) < 4.78 is 0. The van der Waals surface area contributed by atoms with Crippen molar-refractivity contribution in [2.45, 2.75) is 72.1 Å². The van der Waals surface area contributed by atoms with Crippen LogP contribution in [0.15, 0.2) is 0 Å². The summed E-state index contributed by atoms with van der Waals surface area (Å²) in [5.41, 5.74) is 1.90. The maximum absolute atomic E-state index is 12.8. The standard InChI is InChI=1S/C22H30N2O3S/c1-4-22(2,3)13-9-10-14-17(12-23)20(28-18(14)11-13)24-19(25)15-7-5-6-8-16(15)21(26)27/h13,15-16H,4-11H2,1-3H3,(H,24,25)(H,26,27)/p-1/t13-,15+,16+/m1/s1. The fraction of sp³-hybridized carbons (Fsp3) is 0.682. The lowest BCUT2D eigenvalue weighted by Gasteiger charge is -2.36. The molecule has 3 rings (SSSR count). The quantitative estimate of drug-likeness (QED) is 0.815. The Kier molecular flexibility index (Phi) is 6.14. The highest BCUT2D eigenvalue weighted by molar-refractivity contribution is 7.16. The predicted molar refractivity (Wildman–Crippen MR) is 108 cm³/mol. The molecule has 1 amide bonds. The van der Waals surface area contributed by atoms with Crippen LogP contribution in [-0.2, 0) is 22.4 Å². The summed E-state index contributed by atoms with van der Waals surface area (Å²) in [4.78, 5) is 25.4. The second-order valence-electron chi connectivity index (χ2n) is 8.91. The third-order valence-electron chi connectivity index (χ3n) is 7.04. The van der Waals surface area contributed by atoms with Gasteiger partial charge in [-0.1, -0.05) is 40.0 Å². The molecule has 0 bridgehead atoms. The number of carboxylic acid groups (broad SMARTS) is 1. The molecule has 0 aliphatic heterocycles. The number of thiophene rings is 1. The van der Waals surface area contributed by atoms with E-state index in [-0.39, 0.29) is 11.3 Å². The first-order valence-corrected chi connectivity index (χ1v) is 11.2. The molecule has 1 aromatic rings. The number of fused-ring (bicyclic) bond motifs is 1. The van der Waals surface area contributed by atoms with E-state index in [9.17, 15) is 20.0 Å². The minimum absolute atomic E-state index is 0.252. The summed E-state index contributed by atoms with van der Waals surface area (Å²) in [6.45, 7) is 6.81. The van der Waals surface area contributed by atoms with Gasteiger partial charge in [-0.25, -0.2) is 0 Å². The van der Waals surface area contributed by atoms with Gasteiger partial charge in [-0.3, -0.25) is 4.79 Å². The number of hydrogen-bond acceptors (Lipinski definition) is 5. The van der Waals surface area contributed by atoms with Crippen molar-refractivity contribution >= 4 is 28.2 Å². The van der Waals surface area contributed by atoms with Gasteiger partial charge in [0.2, 0.25) is 5.91 Å². The maximum Gasteiger partial charge on any atom is 0.228 e. The number of rotatable bonds is 5. The number of nitrogens with one attached hydrogen (secondary N) is 1. The van der Waals surface area contributed by atoms with Crippen molar-refractivity contribution in [3.05, 3.63) is 16.0 Å². The molecule has 152 valence electrons. The van der Waals surface area contributed by atoms with Gasteiger partial charge < -0.3 is 15.2 Å². The average molecular weight is 402 g/mol. The van der Waals surface area contributed by atoms with E-state index in [1.807, 2.05) is 0 Å². The molecule has 0 aromatic carbocycles. The molecule has 5 nitrogen and oxygen atoms in total. The van der Waals surface area contributed by atoms with Crippen molar-refractivity contribution in [3.8, 4) is 6.07 Å². The lowest BCUT2D eigenvalue weighted by Crippen LogP contribution is -2.42. The van der Waals surface area contributed by atoms with Gasteiger partial charge in [0.05, 0.1) is 5.56 Å². The van der Waals surface area contributed by atoms with Gasteiger partial charge in [0.15, 0.2) is 0 Å². The molecule has 0 saturated heterocycles. The Morgan fingerprint density at radius 2 is 1.93 bits per heavy atom. The van der Waals surface area contributed by atoms with Crippen LogP contribution >= 0.6 is 11.3 Å². The second-order valence-corrected chi connectivity index (χ2v) is 10.0. The second kappa shape index (κ2) is 8.24. The monoisotopic (exact) mass is 401 g/mol. The lowest BCUT2D eigenvalue weighted by atomic mass is 9.69. The number of amides is 1. The Morgan fingerprint density at radius 1 is 1.25 bits per heavy atom. The van der Waals surface area contributed by atoms with Crippen LogP contribution in [0.2, 0.25) is 0 Å². The van der Waals surface area contributed by atoms with Crippen LogP contribution in [0.1, 0.15) is 75.3 Å². The largest absolute Gasteiger partial charge is 0.550 e. The Morgan fingerprint density at radius 3 is 2.54 bits per heavy atom. The molecule has 1 N–H and O–H groups in total. The molecule has 0 spiro atoms. The zero-order valence-corrected chi connectivity index (χ0v) is 17.8. The van der Waals surface area contributed by atoms with Crippen LogP contribution in [0.5, 0.6) is 0 Å². The number of carboxylic acids is 1. The third-order valence-corrected chi connectivity index (χ3v) is 8.21. The number of hydrogen-bond donors (Lipinski definition) is 1. The summed E-state index contributed by atoms with van der Waals surface area (Å²) in [5, 5.41) is 24.6. The highest BCUT2D eigenvalue weighted by Gasteiger charge is 2.36. The number of aliphatic carboxylic acids is 1. The van der Waals surface area contributed by atoms with E-state index in [2.05, 4.69) is 32.2 Å². The summed E-state index contributed by atoms with van der Waals surface area (Å²) in [6.07, 6.45) is 6.68. The number of carbonyl (C=O) groups excluding carboxylic acids is 2. The average Bonchev–Trinajstić information content (AvgIpc) is 3.03. The lowest BCUT2D eigenvalue weighted by molar-refractivity contribution is -0.313. The van der Waals surface area contributed by atoms with Gasteiger partial charge in [0.25, 0.3) is 0 Å². The number of nitriles is 1. The molecule has 6 heteroatoms. The zero-order valence-electron chi connectivity index (χ0n) is 17.0. The van der Waals surface area contributed by atoms with Gasteiger partial charge >= 0.3 is 0 Å². The van der Waals surface area contributed by atoms with Gasteiger partial charge in [0.1, 0.15) is 11.1 Å². The first-order valence-electron chi connectivity index (χ1n) is 10.3. The molecule has 1 heterocycles. The van der Waals surface area contributed by atoms with E-state index in [0.717, 1.165) is 44.1 Å². The van der Waals surface area contributed by atoms with E-state index in [1.165, 1.54) is 16.2 Å². The number of carbonyl (C=O) groups is 2. The maximum atomic E-state index is 12.8. The van der Waals surface area contributed by atoms with Crippen molar-refractivity contribution in [3.63, 3.8) is 0 Å². The van der Waals surface area contributed by atoms with Gasteiger partial charge in [-0.05, 0) is 49.0 Å². The van der Waals surface area contributed by atoms with Crippen molar-refractivity contribution in [2.24, 2.45) is 23.2 Å². The first kappa shape index (κ1) is 20.9.